The first-order chi connectivity index (χ1) is 16.8. The van der Waals surface area contributed by atoms with Crippen molar-refractivity contribution in [2.75, 3.05) is 39.3 Å². The second-order valence-corrected chi connectivity index (χ2v) is 10.4. The Morgan fingerprint density at radius 2 is 1.43 bits per heavy atom. The van der Waals surface area contributed by atoms with Crippen LogP contribution < -0.4 is 4.74 Å². The van der Waals surface area contributed by atoms with Gasteiger partial charge < -0.3 is 19.3 Å². The molecule has 0 N–H and O–H groups in total. The van der Waals surface area contributed by atoms with E-state index in [1.165, 1.54) is 5.56 Å². The highest BCUT2D eigenvalue weighted by molar-refractivity contribution is 5.94. The van der Waals surface area contributed by atoms with Gasteiger partial charge in [0.2, 0.25) is 0 Å². The number of carbonyl (C=O) groups is 2. The van der Waals surface area contributed by atoms with Crippen molar-refractivity contribution < 1.29 is 19.1 Å². The van der Waals surface area contributed by atoms with Crippen molar-refractivity contribution in [1.82, 2.24) is 14.7 Å². The van der Waals surface area contributed by atoms with Gasteiger partial charge in [-0.15, -0.1) is 0 Å². The van der Waals surface area contributed by atoms with Crippen LogP contribution in [0.1, 0.15) is 49.5 Å². The fraction of sp³-hybridized carbons (Fsp3) is 0.500. The number of ether oxygens (including phenoxy) is 2. The molecule has 2 fully saturated rings. The summed E-state index contributed by atoms with van der Waals surface area (Å²) in [6.45, 7) is 10.5. The lowest BCUT2D eigenvalue weighted by Gasteiger charge is -2.35. The minimum absolute atomic E-state index is 0.0189. The lowest BCUT2D eigenvalue weighted by Crippen LogP contribution is -2.51. The highest BCUT2D eigenvalue weighted by Gasteiger charge is 2.28. The largest absolute Gasteiger partial charge is 0.490 e. The van der Waals surface area contributed by atoms with Crippen LogP contribution in [0.3, 0.4) is 0 Å². The minimum Gasteiger partial charge on any atom is -0.490 e. The molecule has 2 saturated heterocycles. The molecule has 2 aliphatic rings. The van der Waals surface area contributed by atoms with E-state index in [4.69, 9.17) is 9.47 Å². The second-order valence-electron chi connectivity index (χ2n) is 10.4. The molecule has 0 bridgehead atoms. The van der Waals surface area contributed by atoms with Crippen LogP contribution in [0.15, 0.2) is 54.6 Å². The Balaban J connectivity index is 1.21. The van der Waals surface area contributed by atoms with Crippen LogP contribution in [0.5, 0.6) is 5.75 Å². The van der Waals surface area contributed by atoms with Crippen molar-refractivity contribution in [3.8, 4) is 5.75 Å². The first kappa shape index (κ1) is 25.0. The summed E-state index contributed by atoms with van der Waals surface area (Å²) in [6.07, 6.45) is 1.87. The zero-order chi connectivity index (χ0) is 24.8. The van der Waals surface area contributed by atoms with Crippen LogP contribution in [0.25, 0.3) is 0 Å². The van der Waals surface area contributed by atoms with Crippen molar-refractivity contribution in [2.45, 2.75) is 51.9 Å². The van der Waals surface area contributed by atoms with Crippen molar-refractivity contribution >= 4 is 12.0 Å². The first-order valence-corrected chi connectivity index (χ1v) is 12.6. The van der Waals surface area contributed by atoms with Crippen LogP contribution in [0.2, 0.25) is 0 Å². The summed E-state index contributed by atoms with van der Waals surface area (Å²) in [4.78, 5) is 31.1. The average Bonchev–Trinajstić information content (AvgIpc) is 2.85. The molecule has 4 rings (SSSR count). The summed E-state index contributed by atoms with van der Waals surface area (Å²) < 4.78 is 11.6. The lowest BCUT2D eigenvalue weighted by molar-refractivity contribution is 0.0141. The highest BCUT2D eigenvalue weighted by atomic mass is 16.6. The van der Waals surface area contributed by atoms with E-state index in [0.29, 0.717) is 31.7 Å². The molecule has 0 radical (unpaired) electrons. The monoisotopic (exact) mass is 479 g/mol. The fourth-order valence-electron chi connectivity index (χ4n) is 4.50. The molecule has 7 nitrogen and oxygen atoms in total. The van der Waals surface area contributed by atoms with E-state index in [9.17, 15) is 9.59 Å². The Bertz CT molecular complexity index is 972. The Morgan fingerprint density at radius 1 is 0.829 bits per heavy atom. The molecule has 2 aliphatic heterocycles. The van der Waals surface area contributed by atoms with Crippen molar-refractivity contribution in [3.05, 3.63) is 65.7 Å². The zero-order valence-electron chi connectivity index (χ0n) is 21.1. The summed E-state index contributed by atoms with van der Waals surface area (Å²) >= 11 is 0. The number of amides is 2. The molecule has 0 saturated carbocycles. The van der Waals surface area contributed by atoms with Crippen LogP contribution in [0.4, 0.5) is 4.79 Å². The van der Waals surface area contributed by atoms with E-state index in [2.05, 4.69) is 35.2 Å². The molecule has 2 aromatic carbocycles. The standard InChI is InChI=1S/C28H37N3O4/c1-28(2,3)35-27(33)31-19-17-30(18-20-31)26(32)23-9-11-24(12-10-23)34-25-13-15-29(16-14-25)21-22-7-5-4-6-8-22/h4-12,25H,13-21H2,1-3H3. The fourth-order valence-corrected chi connectivity index (χ4v) is 4.50. The van der Waals surface area contributed by atoms with Gasteiger partial charge in [0.1, 0.15) is 17.5 Å². The molecule has 0 unspecified atom stereocenters. The number of nitrogens with zero attached hydrogens (tertiary/aromatic N) is 3. The molecule has 35 heavy (non-hydrogen) atoms. The van der Waals surface area contributed by atoms with E-state index in [1.54, 1.807) is 9.80 Å². The maximum absolute atomic E-state index is 12.9. The van der Waals surface area contributed by atoms with Crippen molar-refractivity contribution in [1.29, 1.82) is 0 Å². The third-order valence-corrected chi connectivity index (χ3v) is 6.41. The SMILES string of the molecule is CC(C)(C)OC(=O)N1CCN(C(=O)c2ccc(OC3CCN(Cc4ccccc4)CC3)cc2)CC1. The minimum atomic E-state index is -0.521. The molecule has 2 aromatic rings. The molecule has 0 aliphatic carbocycles. The maximum atomic E-state index is 12.9. The van der Waals surface area contributed by atoms with Crippen LogP contribution in [-0.4, -0.2) is 77.7 Å². The Kier molecular flexibility index (Phi) is 7.96. The number of hydrogen-bond acceptors (Lipinski definition) is 5. The zero-order valence-corrected chi connectivity index (χ0v) is 21.1. The maximum Gasteiger partial charge on any atom is 0.410 e. The van der Waals surface area contributed by atoms with Gasteiger partial charge in [-0.3, -0.25) is 9.69 Å². The van der Waals surface area contributed by atoms with Gasteiger partial charge >= 0.3 is 6.09 Å². The number of likely N-dealkylation sites (tertiary alicyclic amines) is 1. The molecule has 0 spiro atoms. The van der Waals surface area contributed by atoms with E-state index in [-0.39, 0.29) is 18.1 Å². The van der Waals surface area contributed by atoms with Gasteiger partial charge in [-0.2, -0.15) is 0 Å². The van der Waals surface area contributed by atoms with Crippen LogP contribution in [0, 0.1) is 0 Å². The van der Waals surface area contributed by atoms with E-state index < -0.39 is 5.60 Å². The predicted octanol–water partition coefficient (Wildman–Crippen LogP) is 4.42. The quantitative estimate of drug-likeness (QED) is 0.635. The Hall–Kier alpha value is -3.06. The lowest BCUT2D eigenvalue weighted by atomic mass is 10.1. The Labute approximate surface area is 208 Å². The third-order valence-electron chi connectivity index (χ3n) is 6.41. The van der Waals surface area contributed by atoms with E-state index in [1.807, 2.05) is 45.0 Å². The average molecular weight is 480 g/mol. The van der Waals surface area contributed by atoms with Gasteiger partial charge in [0.25, 0.3) is 5.91 Å². The number of hydrogen-bond donors (Lipinski definition) is 0. The molecular weight excluding hydrogens is 442 g/mol. The topological polar surface area (TPSA) is 62.3 Å². The number of piperidine rings is 1. The summed E-state index contributed by atoms with van der Waals surface area (Å²) in [5.41, 5.74) is 1.46. The van der Waals surface area contributed by atoms with Gasteiger partial charge in [-0.05, 0) is 63.4 Å². The molecule has 2 heterocycles. The molecule has 0 aromatic heterocycles. The number of piperazine rings is 1. The van der Waals surface area contributed by atoms with Crippen molar-refractivity contribution in [2.24, 2.45) is 0 Å². The first-order valence-electron chi connectivity index (χ1n) is 12.6. The summed E-state index contributed by atoms with van der Waals surface area (Å²) in [5, 5.41) is 0. The number of rotatable bonds is 5. The van der Waals surface area contributed by atoms with Crippen LogP contribution >= 0.6 is 0 Å². The molecule has 7 heteroatoms. The second kappa shape index (κ2) is 11.1. The molecule has 0 atom stereocenters. The van der Waals surface area contributed by atoms with E-state index >= 15 is 0 Å². The van der Waals surface area contributed by atoms with Gasteiger partial charge in [0, 0.05) is 51.4 Å². The molecule has 188 valence electrons. The molecular formula is C28H37N3O4. The van der Waals surface area contributed by atoms with Crippen molar-refractivity contribution in [3.63, 3.8) is 0 Å². The molecule has 2 amide bonds. The van der Waals surface area contributed by atoms with Gasteiger partial charge in [0.15, 0.2) is 0 Å². The summed E-state index contributed by atoms with van der Waals surface area (Å²) in [7, 11) is 0. The van der Waals surface area contributed by atoms with Crippen LogP contribution in [-0.2, 0) is 11.3 Å². The van der Waals surface area contributed by atoms with Gasteiger partial charge in [-0.25, -0.2) is 4.79 Å². The third kappa shape index (κ3) is 7.21. The highest BCUT2D eigenvalue weighted by Crippen LogP contribution is 2.22. The summed E-state index contributed by atoms with van der Waals surface area (Å²) in [5.74, 6) is 0.785. The van der Waals surface area contributed by atoms with Gasteiger partial charge in [0.05, 0.1) is 0 Å². The van der Waals surface area contributed by atoms with Gasteiger partial charge in [-0.1, -0.05) is 30.3 Å². The normalized spacial score (nSPS) is 17.8. The van der Waals surface area contributed by atoms with E-state index in [0.717, 1.165) is 38.2 Å². The summed E-state index contributed by atoms with van der Waals surface area (Å²) in [6, 6.07) is 18.0. The number of carbonyl (C=O) groups excluding carboxylic acids is 2. The number of benzene rings is 2. The Morgan fingerprint density at radius 3 is 2.03 bits per heavy atom. The smallest absolute Gasteiger partial charge is 0.410 e. The predicted molar refractivity (Wildman–Crippen MR) is 136 cm³/mol.